The van der Waals surface area contributed by atoms with Gasteiger partial charge in [0.05, 0.1) is 0 Å². The molecule has 0 fully saturated rings. The summed E-state index contributed by atoms with van der Waals surface area (Å²) in [5, 5.41) is 0. The van der Waals surface area contributed by atoms with Crippen LogP contribution >= 0.6 is 11.8 Å². The van der Waals surface area contributed by atoms with Gasteiger partial charge >= 0.3 is 0 Å². The number of carbonyl (C=O) groups is 1. The molecule has 3 N–H and O–H groups in total. The number of nitrogens with two attached hydrogens (primary N) is 1. The van der Waals surface area contributed by atoms with Crippen molar-refractivity contribution in [3.05, 3.63) is 70.5 Å². The fourth-order valence-corrected chi connectivity index (χ4v) is 3.04. The fourth-order valence-electron chi connectivity index (χ4n) is 1.95. The summed E-state index contributed by atoms with van der Waals surface area (Å²) in [4.78, 5) is 11.5. The third-order valence-electron chi connectivity index (χ3n) is 3.22. The number of aryl methyl sites for hydroxylation is 1. The van der Waals surface area contributed by atoms with E-state index in [1.165, 1.54) is 23.3 Å². The van der Waals surface area contributed by atoms with Crippen molar-refractivity contribution in [2.75, 3.05) is 0 Å². The molecular weight excluding hydrogens is 287 g/mol. The molecule has 0 unspecified atom stereocenters. The second-order valence-corrected chi connectivity index (χ2v) is 5.68. The van der Waals surface area contributed by atoms with Crippen LogP contribution in [0.15, 0.2) is 42.5 Å². The van der Waals surface area contributed by atoms with Gasteiger partial charge in [-0.2, -0.15) is 11.8 Å². The van der Waals surface area contributed by atoms with Gasteiger partial charge in [0.25, 0.3) is 5.91 Å². The van der Waals surface area contributed by atoms with Gasteiger partial charge in [0.1, 0.15) is 5.82 Å². The molecule has 0 aromatic heterocycles. The van der Waals surface area contributed by atoms with Crippen LogP contribution in [0.5, 0.6) is 0 Å². The number of nitrogen functional groups attached to an aromatic ring is 1. The summed E-state index contributed by atoms with van der Waals surface area (Å²) >= 11 is 1.61. The molecule has 2 aromatic carbocycles. The van der Waals surface area contributed by atoms with Crippen molar-refractivity contribution >= 4 is 17.7 Å². The van der Waals surface area contributed by atoms with Gasteiger partial charge in [-0.1, -0.05) is 24.3 Å². The van der Waals surface area contributed by atoms with E-state index in [0.717, 1.165) is 5.75 Å². The van der Waals surface area contributed by atoms with Crippen molar-refractivity contribution in [2.24, 2.45) is 5.84 Å². The highest BCUT2D eigenvalue weighted by molar-refractivity contribution is 7.97. The number of carbonyl (C=O) groups excluding carboxylic acids is 1. The molecule has 21 heavy (non-hydrogen) atoms. The van der Waals surface area contributed by atoms with E-state index >= 15 is 0 Å². The van der Waals surface area contributed by atoms with Gasteiger partial charge in [0, 0.05) is 17.1 Å². The predicted molar refractivity (Wildman–Crippen MR) is 84.2 cm³/mol. The lowest BCUT2D eigenvalue weighted by molar-refractivity contribution is 0.0953. The molecule has 0 heterocycles. The number of hydrogen-bond acceptors (Lipinski definition) is 3. The first-order valence-corrected chi connectivity index (χ1v) is 7.69. The Morgan fingerprint density at radius 2 is 1.90 bits per heavy atom. The molecule has 5 heteroatoms. The van der Waals surface area contributed by atoms with Crippen molar-refractivity contribution in [3.63, 3.8) is 0 Å². The van der Waals surface area contributed by atoms with Crippen molar-refractivity contribution in [3.8, 4) is 0 Å². The summed E-state index contributed by atoms with van der Waals surface area (Å²) in [5.74, 6) is 5.68. The van der Waals surface area contributed by atoms with Gasteiger partial charge in [-0.3, -0.25) is 10.2 Å². The van der Waals surface area contributed by atoms with Crippen LogP contribution in [0.25, 0.3) is 0 Å². The lowest BCUT2D eigenvalue weighted by atomic mass is 10.1. The highest BCUT2D eigenvalue weighted by Crippen LogP contribution is 2.22. The van der Waals surface area contributed by atoms with Crippen molar-refractivity contribution in [1.82, 2.24) is 5.43 Å². The smallest absolute Gasteiger partial charge is 0.265 e. The summed E-state index contributed by atoms with van der Waals surface area (Å²) in [7, 11) is 0. The number of rotatable bonds is 5. The van der Waals surface area contributed by atoms with Gasteiger partial charge in [0.15, 0.2) is 0 Å². The van der Waals surface area contributed by atoms with E-state index in [-0.39, 0.29) is 5.82 Å². The van der Waals surface area contributed by atoms with E-state index in [1.807, 2.05) is 17.6 Å². The Labute approximate surface area is 127 Å². The summed E-state index contributed by atoms with van der Waals surface area (Å²) < 4.78 is 13.8. The minimum Gasteiger partial charge on any atom is -0.290 e. The number of halogens is 1. The van der Waals surface area contributed by atoms with Crippen LogP contribution < -0.4 is 11.3 Å². The van der Waals surface area contributed by atoms with Gasteiger partial charge in [-0.05, 0) is 41.8 Å². The topological polar surface area (TPSA) is 55.1 Å². The Morgan fingerprint density at radius 3 is 2.62 bits per heavy atom. The zero-order valence-electron chi connectivity index (χ0n) is 11.7. The summed E-state index contributed by atoms with van der Waals surface area (Å²) in [6.45, 7) is 2.06. The molecule has 0 aliphatic rings. The van der Waals surface area contributed by atoms with Gasteiger partial charge in [0.2, 0.25) is 0 Å². The average molecular weight is 304 g/mol. The molecule has 0 saturated carbocycles. The molecule has 0 spiro atoms. The van der Waals surface area contributed by atoms with Crippen molar-refractivity contribution in [2.45, 2.75) is 18.4 Å². The first-order valence-electron chi connectivity index (χ1n) is 6.53. The number of thioether (sulfide) groups is 1. The molecule has 0 aliphatic heterocycles. The largest absolute Gasteiger partial charge is 0.290 e. The number of hydrogen-bond donors (Lipinski definition) is 2. The number of benzene rings is 2. The van der Waals surface area contributed by atoms with E-state index in [0.29, 0.717) is 16.9 Å². The van der Waals surface area contributed by atoms with Crippen LogP contribution in [-0.4, -0.2) is 5.91 Å². The Balaban J connectivity index is 2.03. The van der Waals surface area contributed by atoms with Crippen LogP contribution in [0.4, 0.5) is 4.39 Å². The van der Waals surface area contributed by atoms with Crippen molar-refractivity contribution < 1.29 is 9.18 Å². The summed E-state index contributed by atoms with van der Waals surface area (Å²) in [6, 6.07) is 12.4. The molecule has 2 aromatic rings. The third kappa shape index (κ3) is 4.06. The zero-order valence-corrected chi connectivity index (χ0v) is 12.5. The summed E-state index contributed by atoms with van der Waals surface area (Å²) in [6.07, 6.45) is 0. The molecule has 2 rings (SSSR count). The van der Waals surface area contributed by atoms with E-state index < -0.39 is 5.91 Å². The maximum atomic E-state index is 13.8. The number of nitrogens with one attached hydrogen (secondary N) is 1. The van der Waals surface area contributed by atoms with E-state index in [9.17, 15) is 9.18 Å². The first-order chi connectivity index (χ1) is 10.1. The quantitative estimate of drug-likeness (QED) is 0.507. The molecule has 0 atom stereocenters. The first kappa shape index (κ1) is 15.5. The molecule has 0 saturated heterocycles. The highest BCUT2D eigenvalue weighted by Gasteiger charge is 2.09. The number of amides is 1. The van der Waals surface area contributed by atoms with Gasteiger partial charge in [-0.15, -0.1) is 0 Å². The maximum absolute atomic E-state index is 13.8. The SMILES string of the molecule is Cc1ccccc1CSCc1cc(C(=O)NN)ccc1F. The van der Waals surface area contributed by atoms with E-state index in [2.05, 4.69) is 19.1 Å². The molecule has 110 valence electrons. The predicted octanol–water partition coefficient (Wildman–Crippen LogP) is 3.17. The molecule has 1 amide bonds. The molecular formula is C16H17FN2OS. The second kappa shape index (κ2) is 7.24. The monoisotopic (exact) mass is 304 g/mol. The second-order valence-electron chi connectivity index (χ2n) is 4.70. The number of hydrazine groups is 1. The minimum atomic E-state index is -0.417. The fraction of sp³-hybridized carbons (Fsp3) is 0.188. The third-order valence-corrected chi connectivity index (χ3v) is 4.25. The van der Waals surface area contributed by atoms with E-state index in [1.54, 1.807) is 17.8 Å². The molecule has 0 bridgehead atoms. The van der Waals surface area contributed by atoms with Crippen LogP contribution in [-0.2, 0) is 11.5 Å². The minimum absolute atomic E-state index is 0.305. The van der Waals surface area contributed by atoms with Gasteiger partial charge < -0.3 is 0 Å². The van der Waals surface area contributed by atoms with Crippen LogP contribution in [0, 0.1) is 12.7 Å². The highest BCUT2D eigenvalue weighted by atomic mass is 32.2. The normalized spacial score (nSPS) is 10.4. The van der Waals surface area contributed by atoms with E-state index in [4.69, 9.17) is 5.84 Å². The lowest BCUT2D eigenvalue weighted by Gasteiger charge is -2.08. The maximum Gasteiger partial charge on any atom is 0.265 e. The Hall–Kier alpha value is -1.85. The standard InChI is InChI=1S/C16H17FN2OS/c1-11-4-2-3-5-13(11)9-21-10-14-8-12(16(20)19-18)6-7-15(14)17/h2-8H,9-10,18H2,1H3,(H,19,20). The molecule has 0 aliphatic carbocycles. The Kier molecular flexibility index (Phi) is 5.36. The van der Waals surface area contributed by atoms with Gasteiger partial charge in [-0.25, -0.2) is 10.2 Å². The average Bonchev–Trinajstić information content (AvgIpc) is 2.50. The van der Waals surface area contributed by atoms with Crippen LogP contribution in [0.3, 0.4) is 0 Å². The van der Waals surface area contributed by atoms with Crippen molar-refractivity contribution in [1.29, 1.82) is 0 Å². The molecule has 3 nitrogen and oxygen atoms in total. The molecule has 0 radical (unpaired) electrons. The van der Waals surface area contributed by atoms with Crippen LogP contribution in [0.2, 0.25) is 0 Å². The summed E-state index contributed by atoms with van der Waals surface area (Å²) in [5.41, 5.74) is 5.38. The Morgan fingerprint density at radius 1 is 1.19 bits per heavy atom. The lowest BCUT2D eigenvalue weighted by Crippen LogP contribution is -2.30. The van der Waals surface area contributed by atoms with Crippen LogP contribution in [0.1, 0.15) is 27.0 Å². The Bertz CT molecular complexity index is 646. The zero-order chi connectivity index (χ0) is 15.2.